The van der Waals surface area contributed by atoms with Crippen LogP contribution in [0.15, 0.2) is 29.2 Å². The number of methoxy groups -OCH3 is 1. The van der Waals surface area contributed by atoms with E-state index in [2.05, 4.69) is 0 Å². The number of piperidine rings is 1. The number of esters is 1. The Kier molecular flexibility index (Phi) is 5.94. The number of hydrogen-bond donors (Lipinski definition) is 0. The number of nitrogens with zero attached hydrogens (tertiary/aromatic N) is 1. The van der Waals surface area contributed by atoms with Gasteiger partial charge in [0.2, 0.25) is 5.91 Å². The Bertz CT molecular complexity index is 506. The fourth-order valence-corrected chi connectivity index (χ4v) is 3.26. The molecular formula is C15H18ClNO3S. The molecule has 1 aliphatic heterocycles. The number of halogens is 1. The predicted octanol–water partition coefficient (Wildman–Crippen LogP) is 2.84. The summed E-state index contributed by atoms with van der Waals surface area (Å²) in [4.78, 5) is 26.6. The van der Waals surface area contributed by atoms with Gasteiger partial charge >= 0.3 is 5.97 Å². The average molecular weight is 328 g/mol. The Hall–Kier alpha value is -1.20. The smallest absolute Gasteiger partial charge is 0.310 e. The molecule has 0 aliphatic carbocycles. The SMILES string of the molecule is COC(=O)C1CCCN(C(=O)CSc2ccc(Cl)cc2)C1. The van der Waals surface area contributed by atoms with Crippen LogP contribution in [0.4, 0.5) is 0 Å². The van der Waals surface area contributed by atoms with Crippen molar-refractivity contribution in [3.8, 4) is 0 Å². The van der Waals surface area contributed by atoms with E-state index in [0.29, 0.717) is 23.9 Å². The Morgan fingerprint density at radius 2 is 2.10 bits per heavy atom. The molecule has 0 radical (unpaired) electrons. The van der Waals surface area contributed by atoms with E-state index in [1.807, 2.05) is 24.3 Å². The molecule has 0 aromatic heterocycles. The zero-order valence-electron chi connectivity index (χ0n) is 11.9. The summed E-state index contributed by atoms with van der Waals surface area (Å²) in [7, 11) is 1.39. The first-order chi connectivity index (χ1) is 10.1. The van der Waals surface area contributed by atoms with Gasteiger partial charge in [-0.05, 0) is 37.1 Å². The molecule has 1 fully saturated rings. The number of carbonyl (C=O) groups excluding carboxylic acids is 2. The molecule has 1 atom stereocenters. The van der Waals surface area contributed by atoms with E-state index in [1.165, 1.54) is 18.9 Å². The second kappa shape index (κ2) is 7.71. The van der Waals surface area contributed by atoms with E-state index >= 15 is 0 Å². The lowest BCUT2D eigenvalue weighted by atomic mass is 9.98. The molecule has 0 bridgehead atoms. The van der Waals surface area contributed by atoms with Crippen molar-refractivity contribution in [2.45, 2.75) is 17.7 Å². The number of thioether (sulfide) groups is 1. The number of benzene rings is 1. The van der Waals surface area contributed by atoms with E-state index < -0.39 is 0 Å². The molecule has 1 aliphatic rings. The van der Waals surface area contributed by atoms with Crippen molar-refractivity contribution >= 4 is 35.2 Å². The molecule has 1 aromatic rings. The molecule has 4 nitrogen and oxygen atoms in total. The van der Waals surface area contributed by atoms with Crippen LogP contribution in [0.1, 0.15) is 12.8 Å². The molecule has 0 saturated carbocycles. The molecule has 1 unspecified atom stereocenters. The number of carbonyl (C=O) groups is 2. The third-order valence-corrected chi connectivity index (χ3v) is 4.73. The van der Waals surface area contributed by atoms with Crippen molar-refractivity contribution in [3.63, 3.8) is 0 Å². The van der Waals surface area contributed by atoms with Gasteiger partial charge in [-0.2, -0.15) is 0 Å². The van der Waals surface area contributed by atoms with Gasteiger partial charge in [0.25, 0.3) is 0 Å². The zero-order chi connectivity index (χ0) is 15.2. The largest absolute Gasteiger partial charge is 0.469 e. The lowest BCUT2D eigenvalue weighted by molar-refractivity contribution is -0.148. The molecule has 1 aromatic carbocycles. The van der Waals surface area contributed by atoms with Crippen LogP contribution in [0, 0.1) is 5.92 Å². The van der Waals surface area contributed by atoms with Crippen LogP contribution < -0.4 is 0 Å². The number of ether oxygens (including phenoxy) is 1. The first-order valence-electron chi connectivity index (χ1n) is 6.84. The van der Waals surface area contributed by atoms with Crippen LogP contribution in [0.3, 0.4) is 0 Å². The Labute approximate surface area is 133 Å². The normalized spacial score (nSPS) is 18.4. The van der Waals surface area contributed by atoms with Crippen molar-refractivity contribution in [2.75, 3.05) is 26.0 Å². The molecular weight excluding hydrogens is 310 g/mol. The van der Waals surface area contributed by atoms with E-state index in [-0.39, 0.29) is 17.8 Å². The van der Waals surface area contributed by atoms with Crippen molar-refractivity contribution in [3.05, 3.63) is 29.3 Å². The first kappa shape index (κ1) is 16.2. The molecule has 1 saturated heterocycles. The van der Waals surface area contributed by atoms with Crippen molar-refractivity contribution in [1.29, 1.82) is 0 Å². The maximum absolute atomic E-state index is 12.2. The highest BCUT2D eigenvalue weighted by atomic mass is 35.5. The summed E-state index contributed by atoms with van der Waals surface area (Å²) in [5.41, 5.74) is 0. The molecule has 1 heterocycles. The standard InChI is InChI=1S/C15H18ClNO3S/c1-20-15(19)11-3-2-8-17(9-11)14(18)10-21-13-6-4-12(16)5-7-13/h4-7,11H,2-3,8-10H2,1H3. The van der Waals surface area contributed by atoms with Crippen LogP contribution in [0.2, 0.25) is 5.02 Å². The number of amides is 1. The summed E-state index contributed by atoms with van der Waals surface area (Å²) >= 11 is 7.31. The highest BCUT2D eigenvalue weighted by Gasteiger charge is 2.28. The molecule has 114 valence electrons. The third-order valence-electron chi connectivity index (χ3n) is 3.48. The summed E-state index contributed by atoms with van der Waals surface area (Å²) in [6.45, 7) is 1.18. The van der Waals surface area contributed by atoms with Crippen LogP contribution in [0.5, 0.6) is 0 Å². The summed E-state index contributed by atoms with van der Waals surface area (Å²) in [6.07, 6.45) is 1.64. The van der Waals surface area contributed by atoms with Gasteiger partial charge in [-0.25, -0.2) is 0 Å². The van der Waals surface area contributed by atoms with Crippen LogP contribution in [-0.2, 0) is 14.3 Å². The topological polar surface area (TPSA) is 46.6 Å². The minimum atomic E-state index is -0.224. The third kappa shape index (κ3) is 4.64. The van der Waals surface area contributed by atoms with E-state index in [9.17, 15) is 9.59 Å². The fourth-order valence-electron chi connectivity index (χ4n) is 2.33. The summed E-state index contributed by atoms with van der Waals surface area (Å²) in [5.74, 6) is 0.0184. The van der Waals surface area contributed by atoms with Crippen molar-refractivity contribution in [1.82, 2.24) is 4.90 Å². The number of hydrogen-bond acceptors (Lipinski definition) is 4. The molecule has 0 N–H and O–H groups in total. The van der Waals surface area contributed by atoms with Gasteiger partial charge in [0, 0.05) is 23.0 Å². The Morgan fingerprint density at radius 3 is 2.76 bits per heavy atom. The van der Waals surface area contributed by atoms with Gasteiger partial charge in [-0.3, -0.25) is 9.59 Å². The van der Waals surface area contributed by atoms with Gasteiger partial charge in [0.15, 0.2) is 0 Å². The first-order valence-corrected chi connectivity index (χ1v) is 8.20. The number of rotatable bonds is 4. The molecule has 0 spiro atoms. The van der Waals surface area contributed by atoms with Gasteiger partial charge in [0.1, 0.15) is 0 Å². The maximum Gasteiger partial charge on any atom is 0.310 e. The van der Waals surface area contributed by atoms with Crippen LogP contribution >= 0.6 is 23.4 Å². The monoisotopic (exact) mass is 327 g/mol. The highest BCUT2D eigenvalue weighted by molar-refractivity contribution is 8.00. The Morgan fingerprint density at radius 1 is 1.38 bits per heavy atom. The second-order valence-electron chi connectivity index (χ2n) is 4.94. The highest BCUT2D eigenvalue weighted by Crippen LogP contribution is 2.23. The Balaban J connectivity index is 1.85. The number of likely N-dealkylation sites (tertiary alicyclic amines) is 1. The molecule has 1 amide bonds. The summed E-state index contributed by atoms with van der Waals surface area (Å²) in [6, 6.07) is 7.41. The summed E-state index contributed by atoms with van der Waals surface area (Å²) < 4.78 is 4.76. The minimum Gasteiger partial charge on any atom is -0.469 e. The molecule has 2 rings (SSSR count). The van der Waals surface area contributed by atoms with Crippen molar-refractivity contribution < 1.29 is 14.3 Å². The van der Waals surface area contributed by atoms with Crippen LogP contribution in [0.25, 0.3) is 0 Å². The van der Waals surface area contributed by atoms with Gasteiger partial charge in [0.05, 0.1) is 18.8 Å². The second-order valence-corrected chi connectivity index (χ2v) is 6.43. The van der Waals surface area contributed by atoms with E-state index in [4.69, 9.17) is 16.3 Å². The lowest BCUT2D eigenvalue weighted by Gasteiger charge is -2.31. The predicted molar refractivity (Wildman–Crippen MR) is 83.5 cm³/mol. The molecule has 21 heavy (non-hydrogen) atoms. The van der Waals surface area contributed by atoms with Gasteiger partial charge < -0.3 is 9.64 Å². The fraction of sp³-hybridized carbons (Fsp3) is 0.467. The zero-order valence-corrected chi connectivity index (χ0v) is 13.5. The van der Waals surface area contributed by atoms with Crippen LogP contribution in [-0.4, -0.2) is 42.7 Å². The quantitative estimate of drug-likeness (QED) is 0.630. The summed E-state index contributed by atoms with van der Waals surface area (Å²) in [5, 5.41) is 0.683. The van der Waals surface area contributed by atoms with Gasteiger partial charge in [-0.1, -0.05) is 11.6 Å². The lowest BCUT2D eigenvalue weighted by Crippen LogP contribution is -2.43. The minimum absolute atomic E-state index is 0.0588. The van der Waals surface area contributed by atoms with E-state index in [0.717, 1.165) is 17.7 Å². The molecule has 6 heteroatoms. The van der Waals surface area contributed by atoms with E-state index in [1.54, 1.807) is 4.90 Å². The van der Waals surface area contributed by atoms with Crippen molar-refractivity contribution in [2.24, 2.45) is 5.92 Å². The van der Waals surface area contributed by atoms with Gasteiger partial charge in [-0.15, -0.1) is 11.8 Å². The average Bonchev–Trinajstić information content (AvgIpc) is 2.53. The maximum atomic E-state index is 12.2.